The van der Waals surface area contributed by atoms with Gasteiger partial charge in [-0.15, -0.1) is 0 Å². The minimum absolute atomic E-state index is 0.0214. The lowest BCUT2D eigenvalue weighted by Gasteiger charge is -2.11. The molecule has 1 aliphatic heterocycles. The number of anilines is 1. The molecule has 2 heterocycles. The standard InChI is InChI=1S/C17H21N5O2/c23-16(11-14-3-1-8-18-14)19-12-17(24)21-13-4-6-15(7-5-13)22-10-2-9-20-22/h2,4-7,9-10,14,18H,1,3,8,11-12H2,(H,19,23)(H,21,24). The third kappa shape index (κ3) is 4.42. The second-order valence-corrected chi connectivity index (χ2v) is 5.82. The number of rotatable bonds is 6. The fourth-order valence-electron chi connectivity index (χ4n) is 2.73. The number of benzene rings is 1. The average Bonchev–Trinajstić information content (AvgIpc) is 3.27. The summed E-state index contributed by atoms with van der Waals surface area (Å²) in [6.45, 7) is 0.944. The van der Waals surface area contributed by atoms with E-state index < -0.39 is 0 Å². The first-order valence-electron chi connectivity index (χ1n) is 8.11. The van der Waals surface area contributed by atoms with Gasteiger partial charge in [0.2, 0.25) is 11.8 Å². The topological polar surface area (TPSA) is 88.0 Å². The summed E-state index contributed by atoms with van der Waals surface area (Å²) >= 11 is 0. The van der Waals surface area contributed by atoms with Gasteiger partial charge in [-0.3, -0.25) is 9.59 Å². The smallest absolute Gasteiger partial charge is 0.243 e. The molecule has 126 valence electrons. The summed E-state index contributed by atoms with van der Waals surface area (Å²) < 4.78 is 1.74. The SMILES string of the molecule is O=C(CC1CCCN1)NCC(=O)Nc1ccc(-n2cccn2)cc1. The van der Waals surface area contributed by atoms with Crippen LogP contribution in [0.15, 0.2) is 42.7 Å². The molecule has 0 bridgehead atoms. The highest BCUT2D eigenvalue weighted by molar-refractivity contribution is 5.94. The average molecular weight is 327 g/mol. The molecule has 7 nitrogen and oxygen atoms in total. The van der Waals surface area contributed by atoms with Crippen LogP contribution in [0.3, 0.4) is 0 Å². The van der Waals surface area contributed by atoms with Crippen molar-refractivity contribution in [2.24, 2.45) is 0 Å². The molecule has 1 aromatic heterocycles. The fourth-order valence-corrected chi connectivity index (χ4v) is 2.73. The largest absolute Gasteiger partial charge is 0.347 e. The first-order valence-corrected chi connectivity index (χ1v) is 8.11. The van der Waals surface area contributed by atoms with Crippen LogP contribution in [-0.4, -0.2) is 40.7 Å². The van der Waals surface area contributed by atoms with E-state index in [1.807, 2.05) is 24.4 Å². The van der Waals surface area contributed by atoms with Crippen LogP contribution in [-0.2, 0) is 9.59 Å². The van der Waals surface area contributed by atoms with Crippen LogP contribution in [0, 0.1) is 0 Å². The Morgan fingerprint density at radius 3 is 2.75 bits per heavy atom. The summed E-state index contributed by atoms with van der Waals surface area (Å²) in [5, 5.41) is 12.8. The number of nitrogens with one attached hydrogen (secondary N) is 3. The summed E-state index contributed by atoms with van der Waals surface area (Å²) in [5.74, 6) is -0.340. The fraction of sp³-hybridized carbons (Fsp3) is 0.353. The first kappa shape index (κ1) is 16.2. The summed E-state index contributed by atoms with van der Waals surface area (Å²) in [5.41, 5.74) is 1.60. The van der Waals surface area contributed by atoms with Crippen molar-refractivity contribution in [2.75, 3.05) is 18.4 Å². The van der Waals surface area contributed by atoms with Crippen LogP contribution in [0.25, 0.3) is 5.69 Å². The molecule has 0 radical (unpaired) electrons. The normalized spacial score (nSPS) is 16.8. The van der Waals surface area contributed by atoms with Gasteiger partial charge in [-0.25, -0.2) is 4.68 Å². The summed E-state index contributed by atoms with van der Waals surface area (Å²) in [7, 11) is 0. The van der Waals surface area contributed by atoms with Crippen LogP contribution in [0.1, 0.15) is 19.3 Å². The Hall–Kier alpha value is -2.67. The van der Waals surface area contributed by atoms with Gasteiger partial charge in [0, 0.05) is 30.5 Å². The zero-order chi connectivity index (χ0) is 16.8. The molecule has 1 saturated heterocycles. The van der Waals surface area contributed by atoms with E-state index in [1.54, 1.807) is 23.0 Å². The van der Waals surface area contributed by atoms with Gasteiger partial charge in [-0.2, -0.15) is 5.10 Å². The van der Waals surface area contributed by atoms with Gasteiger partial charge < -0.3 is 16.0 Å². The van der Waals surface area contributed by atoms with Crippen molar-refractivity contribution < 1.29 is 9.59 Å². The van der Waals surface area contributed by atoms with E-state index in [1.165, 1.54) is 0 Å². The van der Waals surface area contributed by atoms with E-state index in [4.69, 9.17) is 0 Å². The van der Waals surface area contributed by atoms with Crippen LogP contribution < -0.4 is 16.0 Å². The van der Waals surface area contributed by atoms with Gasteiger partial charge in [-0.1, -0.05) is 0 Å². The molecule has 2 amide bonds. The van der Waals surface area contributed by atoms with E-state index >= 15 is 0 Å². The number of carbonyl (C=O) groups excluding carboxylic acids is 2. The van der Waals surface area contributed by atoms with Gasteiger partial charge in [0.25, 0.3) is 0 Å². The molecule has 1 aliphatic rings. The Labute approximate surface area is 140 Å². The molecule has 3 rings (SSSR count). The molecule has 0 saturated carbocycles. The Balaban J connectivity index is 1.43. The van der Waals surface area contributed by atoms with Crippen LogP contribution in [0.4, 0.5) is 5.69 Å². The molecule has 1 atom stereocenters. The van der Waals surface area contributed by atoms with Crippen LogP contribution >= 0.6 is 0 Å². The first-order chi connectivity index (χ1) is 11.7. The maximum Gasteiger partial charge on any atom is 0.243 e. The molecule has 7 heteroatoms. The maximum absolute atomic E-state index is 11.9. The Bertz CT molecular complexity index is 676. The van der Waals surface area contributed by atoms with E-state index in [0.717, 1.165) is 25.1 Å². The van der Waals surface area contributed by atoms with Gasteiger partial charge >= 0.3 is 0 Å². The van der Waals surface area contributed by atoms with Crippen molar-refractivity contribution >= 4 is 17.5 Å². The number of hydrogen-bond donors (Lipinski definition) is 3. The summed E-state index contributed by atoms with van der Waals surface area (Å²) in [6, 6.07) is 9.43. The minimum Gasteiger partial charge on any atom is -0.347 e. The van der Waals surface area contributed by atoms with Crippen molar-refractivity contribution in [2.45, 2.75) is 25.3 Å². The molecular weight excluding hydrogens is 306 g/mol. The van der Waals surface area contributed by atoms with Crippen LogP contribution in [0.2, 0.25) is 0 Å². The monoisotopic (exact) mass is 327 g/mol. The van der Waals surface area contributed by atoms with Crippen molar-refractivity contribution in [3.63, 3.8) is 0 Å². The van der Waals surface area contributed by atoms with Crippen molar-refractivity contribution in [1.29, 1.82) is 0 Å². The third-order valence-electron chi connectivity index (χ3n) is 3.96. The molecule has 24 heavy (non-hydrogen) atoms. The summed E-state index contributed by atoms with van der Waals surface area (Å²) in [6.07, 6.45) is 6.10. The lowest BCUT2D eigenvalue weighted by molar-refractivity contribution is -0.124. The quantitative estimate of drug-likeness (QED) is 0.740. The number of hydrogen-bond acceptors (Lipinski definition) is 4. The minimum atomic E-state index is -0.241. The van der Waals surface area contributed by atoms with Crippen LogP contribution in [0.5, 0.6) is 0 Å². The van der Waals surface area contributed by atoms with E-state index in [-0.39, 0.29) is 24.4 Å². The highest BCUT2D eigenvalue weighted by Crippen LogP contribution is 2.12. The lowest BCUT2D eigenvalue weighted by atomic mass is 10.1. The Morgan fingerprint density at radius 2 is 2.08 bits per heavy atom. The number of aromatic nitrogens is 2. The molecule has 0 aliphatic carbocycles. The van der Waals surface area contributed by atoms with Crippen molar-refractivity contribution in [3.8, 4) is 5.69 Å². The highest BCUT2D eigenvalue weighted by atomic mass is 16.2. The molecule has 3 N–H and O–H groups in total. The zero-order valence-corrected chi connectivity index (χ0v) is 13.4. The van der Waals surface area contributed by atoms with Crippen molar-refractivity contribution in [1.82, 2.24) is 20.4 Å². The second-order valence-electron chi connectivity index (χ2n) is 5.82. The maximum atomic E-state index is 11.9. The molecular formula is C17H21N5O2. The zero-order valence-electron chi connectivity index (χ0n) is 13.4. The van der Waals surface area contributed by atoms with E-state index in [2.05, 4.69) is 21.0 Å². The van der Waals surface area contributed by atoms with Gasteiger partial charge in [-0.05, 0) is 49.7 Å². The molecule has 1 unspecified atom stereocenters. The van der Waals surface area contributed by atoms with Gasteiger partial charge in [0.1, 0.15) is 0 Å². The summed E-state index contributed by atoms with van der Waals surface area (Å²) in [4.78, 5) is 23.7. The third-order valence-corrected chi connectivity index (χ3v) is 3.96. The van der Waals surface area contributed by atoms with Gasteiger partial charge in [0.05, 0.1) is 12.2 Å². The van der Waals surface area contributed by atoms with Gasteiger partial charge in [0.15, 0.2) is 0 Å². The number of nitrogens with zero attached hydrogens (tertiary/aromatic N) is 2. The molecule has 0 spiro atoms. The van der Waals surface area contributed by atoms with Crippen molar-refractivity contribution in [3.05, 3.63) is 42.7 Å². The Kier molecular flexibility index (Phi) is 5.22. The number of amides is 2. The lowest BCUT2D eigenvalue weighted by Crippen LogP contribution is -2.36. The predicted octanol–water partition coefficient (Wildman–Crippen LogP) is 1.07. The highest BCUT2D eigenvalue weighted by Gasteiger charge is 2.17. The van der Waals surface area contributed by atoms with E-state index in [0.29, 0.717) is 12.1 Å². The molecule has 2 aromatic rings. The van der Waals surface area contributed by atoms with E-state index in [9.17, 15) is 9.59 Å². The Morgan fingerprint density at radius 1 is 1.25 bits per heavy atom. The molecule has 1 aromatic carbocycles. The predicted molar refractivity (Wildman–Crippen MR) is 90.8 cm³/mol. The molecule has 1 fully saturated rings. The number of carbonyl (C=O) groups is 2. The second kappa shape index (κ2) is 7.74.